The summed E-state index contributed by atoms with van der Waals surface area (Å²) >= 11 is 0. The van der Waals surface area contributed by atoms with Crippen LogP contribution in [-0.4, -0.2) is 78.9 Å². The van der Waals surface area contributed by atoms with Gasteiger partial charge in [0.1, 0.15) is 5.69 Å². The summed E-state index contributed by atoms with van der Waals surface area (Å²) in [6.45, 7) is 7.80. The van der Waals surface area contributed by atoms with E-state index in [0.717, 1.165) is 37.3 Å². The Hall–Kier alpha value is -2.49. The summed E-state index contributed by atoms with van der Waals surface area (Å²) < 4.78 is 34.1. The van der Waals surface area contributed by atoms with Gasteiger partial charge in [0.15, 0.2) is 10.7 Å². The summed E-state index contributed by atoms with van der Waals surface area (Å²) in [5, 5.41) is 3.95. The molecule has 2 aliphatic heterocycles. The van der Waals surface area contributed by atoms with E-state index in [1.165, 1.54) is 36.4 Å². The van der Waals surface area contributed by atoms with Gasteiger partial charge in [-0.2, -0.15) is 4.31 Å². The highest BCUT2D eigenvalue weighted by atomic mass is 32.2. The molecular weight excluding hydrogens is 500 g/mol. The van der Waals surface area contributed by atoms with Crippen molar-refractivity contribution in [2.24, 2.45) is 5.92 Å². The molecule has 3 aliphatic rings. The van der Waals surface area contributed by atoms with E-state index in [4.69, 9.17) is 4.52 Å². The number of carbonyl (C=O) groups is 1. The first-order chi connectivity index (χ1) is 18.3. The molecule has 3 fully saturated rings. The molecule has 3 heterocycles. The first kappa shape index (κ1) is 27.1. The van der Waals surface area contributed by atoms with Crippen molar-refractivity contribution in [3.05, 3.63) is 46.8 Å². The molecule has 9 heteroatoms. The lowest BCUT2D eigenvalue weighted by Gasteiger charge is -2.42. The minimum atomic E-state index is -3.79. The molecule has 2 aromatic rings. The summed E-state index contributed by atoms with van der Waals surface area (Å²) in [4.78, 5) is 18.0. The topological polar surface area (TPSA) is 87.0 Å². The van der Waals surface area contributed by atoms with Crippen molar-refractivity contribution in [1.82, 2.24) is 19.3 Å². The van der Waals surface area contributed by atoms with E-state index in [1.807, 2.05) is 42.2 Å². The number of sulfonamides is 1. The zero-order valence-electron chi connectivity index (χ0n) is 22.6. The van der Waals surface area contributed by atoms with Crippen molar-refractivity contribution >= 4 is 28.1 Å². The Morgan fingerprint density at radius 1 is 0.895 bits per heavy atom. The van der Waals surface area contributed by atoms with Crippen LogP contribution >= 0.6 is 0 Å². The summed E-state index contributed by atoms with van der Waals surface area (Å²) in [5.74, 6) is 0.303. The standard InChI is InChI=1S/C29H40N4O4S/c1-22-8-10-24(11-9-22)12-13-27-28(23(2)30-37-27)38(35,36)33-16-14-25(15-17-33)29(34)32-20-18-31(19-21-32)26-6-4-3-5-7-26/h8-13,25-26H,3-7,14-21H2,1-2H3/b13-12+. The summed E-state index contributed by atoms with van der Waals surface area (Å²) in [5.41, 5.74) is 2.46. The van der Waals surface area contributed by atoms with E-state index < -0.39 is 10.0 Å². The predicted molar refractivity (Wildman–Crippen MR) is 148 cm³/mol. The quantitative estimate of drug-likeness (QED) is 0.542. The Labute approximate surface area is 226 Å². The van der Waals surface area contributed by atoms with Crippen LogP contribution in [0.5, 0.6) is 0 Å². The molecule has 0 N–H and O–H groups in total. The zero-order chi connectivity index (χ0) is 26.7. The second kappa shape index (κ2) is 11.7. The number of carbonyl (C=O) groups excluding carboxylic acids is 1. The number of benzene rings is 1. The monoisotopic (exact) mass is 540 g/mol. The maximum absolute atomic E-state index is 13.6. The van der Waals surface area contributed by atoms with Crippen LogP contribution in [0.4, 0.5) is 0 Å². The van der Waals surface area contributed by atoms with Crippen molar-refractivity contribution in [2.75, 3.05) is 39.3 Å². The van der Waals surface area contributed by atoms with Gasteiger partial charge in [0.05, 0.1) is 0 Å². The first-order valence-corrected chi connectivity index (χ1v) is 15.5. The molecule has 0 radical (unpaired) electrons. The smallest absolute Gasteiger partial charge is 0.248 e. The molecule has 0 bridgehead atoms. The van der Waals surface area contributed by atoms with Gasteiger partial charge in [-0.3, -0.25) is 9.69 Å². The van der Waals surface area contributed by atoms with Crippen molar-refractivity contribution in [2.45, 2.75) is 69.7 Å². The molecule has 0 unspecified atom stereocenters. The van der Waals surface area contributed by atoms with Crippen molar-refractivity contribution in [3.63, 3.8) is 0 Å². The average Bonchev–Trinajstić information content (AvgIpc) is 3.34. The Morgan fingerprint density at radius 3 is 2.21 bits per heavy atom. The normalized spacial score (nSPS) is 21.4. The van der Waals surface area contributed by atoms with Crippen LogP contribution in [0.25, 0.3) is 12.2 Å². The number of aromatic nitrogens is 1. The van der Waals surface area contributed by atoms with Crippen LogP contribution in [0, 0.1) is 19.8 Å². The lowest BCUT2D eigenvalue weighted by atomic mass is 9.93. The Morgan fingerprint density at radius 2 is 1.55 bits per heavy atom. The fraction of sp³-hybridized carbons (Fsp3) is 0.586. The fourth-order valence-corrected chi connectivity index (χ4v) is 7.85. The highest BCUT2D eigenvalue weighted by molar-refractivity contribution is 7.89. The minimum absolute atomic E-state index is 0.115. The number of hydrogen-bond acceptors (Lipinski definition) is 6. The van der Waals surface area contributed by atoms with E-state index in [1.54, 1.807) is 13.0 Å². The fourth-order valence-electron chi connectivity index (χ4n) is 6.13. The molecule has 0 atom stereocenters. The third kappa shape index (κ3) is 5.90. The molecule has 1 aliphatic carbocycles. The van der Waals surface area contributed by atoms with E-state index >= 15 is 0 Å². The van der Waals surface area contributed by atoms with Gasteiger partial charge in [-0.05, 0) is 51.2 Å². The summed E-state index contributed by atoms with van der Waals surface area (Å²) in [6, 6.07) is 8.64. The van der Waals surface area contributed by atoms with Gasteiger partial charge in [0.2, 0.25) is 15.9 Å². The molecule has 0 spiro atoms. The number of rotatable bonds is 6. The average molecular weight is 541 g/mol. The molecule has 38 heavy (non-hydrogen) atoms. The van der Waals surface area contributed by atoms with E-state index in [2.05, 4.69) is 10.1 Å². The molecule has 1 saturated carbocycles. The largest absolute Gasteiger partial charge is 0.355 e. The van der Waals surface area contributed by atoms with Gasteiger partial charge in [-0.1, -0.05) is 60.3 Å². The maximum Gasteiger partial charge on any atom is 0.248 e. The van der Waals surface area contributed by atoms with Gasteiger partial charge in [-0.25, -0.2) is 8.42 Å². The Bertz CT molecular complexity index is 1230. The molecule has 1 aromatic carbocycles. The number of piperidine rings is 1. The third-order valence-corrected chi connectivity index (χ3v) is 10.5. The van der Waals surface area contributed by atoms with Crippen LogP contribution in [0.1, 0.15) is 67.5 Å². The number of aryl methyl sites for hydroxylation is 2. The van der Waals surface area contributed by atoms with E-state index in [0.29, 0.717) is 37.7 Å². The highest BCUT2D eigenvalue weighted by Crippen LogP contribution is 2.30. The molecule has 1 amide bonds. The van der Waals surface area contributed by atoms with Crippen LogP contribution < -0.4 is 0 Å². The minimum Gasteiger partial charge on any atom is -0.355 e. The van der Waals surface area contributed by atoms with Crippen molar-refractivity contribution in [3.8, 4) is 0 Å². The van der Waals surface area contributed by atoms with Gasteiger partial charge in [0, 0.05) is 51.2 Å². The van der Waals surface area contributed by atoms with Crippen molar-refractivity contribution < 1.29 is 17.7 Å². The predicted octanol–water partition coefficient (Wildman–Crippen LogP) is 4.34. The number of amides is 1. The van der Waals surface area contributed by atoms with Gasteiger partial charge in [0.25, 0.3) is 0 Å². The zero-order valence-corrected chi connectivity index (χ0v) is 23.5. The van der Waals surface area contributed by atoms with Crippen LogP contribution in [0.2, 0.25) is 0 Å². The lowest BCUT2D eigenvalue weighted by Crippen LogP contribution is -2.54. The maximum atomic E-state index is 13.6. The number of hydrogen-bond donors (Lipinski definition) is 0. The molecule has 206 valence electrons. The second-order valence-corrected chi connectivity index (χ2v) is 12.9. The van der Waals surface area contributed by atoms with E-state index in [9.17, 15) is 13.2 Å². The van der Waals surface area contributed by atoms with Gasteiger partial charge in [-0.15, -0.1) is 0 Å². The highest BCUT2D eigenvalue weighted by Gasteiger charge is 2.37. The van der Waals surface area contributed by atoms with Crippen LogP contribution in [0.15, 0.2) is 33.7 Å². The second-order valence-electron chi connectivity index (χ2n) is 11.0. The van der Waals surface area contributed by atoms with Gasteiger partial charge >= 0.3 is 0 Å². The Kier molecular flexibility index (Phi) is 8.35. The number of nitrogens with zero attached hydrogens (tertiary/aromatic N) is 4. The van der Waals surface area contributed by atoms with Crippen LogP contribution in [-0.2, 0) is 14.8 Å². The van der Waals surface area contributed by atoms with Crippen molar-refractivity contribution in [1.29, 1.82) is 0 Å². The third-order valence-electron chi connectivity index (χ3n) is 8.46. The molecule has 1 aromatic heterocycles. The first-order valence-electron chi connectivity index (χ1n) is 14.1. The lowest BCUT2D eigenvalue weighted by molar-refractivity contribution is -0.139. The summed E-state index contributed by atoms with van der Waals surface area (Å²) in [7, 11) is -3.79. The molecule has 2 saturated heterocycles. The van der Waals surface area contributed by atoms with Gasteiger partial charge < -0.3 is 9.42 Å². The Balaban J connectivity index is 1.18. The van der Waals surface area contributed by atoms with E-state index in [-0.39, 0.29) is 22.5 Å². The molecule has 5 rings (SSSR count). The summed E-state index contributed by atoms with van der Waals surface area (Å²) in [6.07, 6.45) is 11.2. The SMILES string of the molecule is Cc1ccc(/C=C/c2onc(C)c2S(=O)(=O)N2CCC(C(=O)N3CCN(C4CCCCC4)CC3)CC2)cc1. The molecular formula is C29H40N4O4S. The van der Waals surface area contributed by atoms with Crippen LogP contribution in [0.3, 0.4) is 0 Å². The molecule has 8 nitrogen and oxygen atoms in total. The number of piperazine rings is 1.